The topological polar surface area (TPSA) is 90.8 Å². The molecule has 1 aliphatic heterocycles. The van der Waals surface area contributed by atoms with Gasteiger partial charge in [0.1, 0.15) is 0 Å². The first-order chi connectivity index (χ1) is 16.8. The van der Waals surface area contributed by atoms with E-state index in [1.807, 2.05) is 6.92 Å². The third-order valence-electron chi connectivity index (χ3n) is 6.36. The molecule has 11 heteroatoms. The van der Waals surface area contributed by atoms with E-state index in [1.165, 1.54) is 0 Å². The minimum atomic E-state index is -3.90. The van der Waals surface area contributed by atoms with E-state index in [4.69, 9.17) is 23.2 Å². The van der Waals surface area contributed by atoms with Gasteiger partial charge in [0.15, 0.2) is 5.84 Å². The Kier molecular flexibility index (Phi) is 6.33. The lowest BCUT2D eigenvalue weighted by molar-refractivity contribution is 0.258. The number of rotatable bonds is 5. The number of amidine groups is 1. The molecule has 1 aliphatic carbocycles. The highest BCUT2D eigenvalue weighted by Gasteiger charge is 2.53. The van der Waals surface area contributed by atoms with Gasteiger partial charge in [0.2, 0.25) is 5.95 Å². The smallest absolute Gasteiger partial charge is 0.276 e. The van der Waals surface area contributed by atoms with Gasteiger partial charge < -0.3 is 9.80 Å². The van der Waals surface area contributed by atoms with E-state index in [1.54, 1.807) is 60.9 Å². The average molecular weight is 531 g/mol. The Bertz CT molecular complexity index is 1340. The van der Waals surface area contributed by atoms with Crippen molar-refractivity contribution in [1.29, 1.82) is 0 Å². The lowest BCUT2D eigenvalue weighted by atomic mass is 10.1. The first-order valence-corrected chi connectivity index (χ1v) is 13.4. The van der Waals surface area contributed by atoms with Gasteiger partial charge >= 0.3 is 0 Å². The number of hydrazone groups is 1. The zero-order valence-corrected chi connectivity index (χ0v) is 21.4. The van der Waals surface area contributed by atoms with Crippen molar-refractivity contribution >= 4 is 45.0 Å². The van der Waals surface area contributed by atoms with Crippen molar-refractivity contribution in [3.05, 3.63) is 82.1 Å². The Balaban J connectivity index is 1.51. The van der Waals surface area contributed by atoms with Crippen molar-refractivity contribution in [3.8, 4) is 0 Å². The lowest BCUT2D eigenvalue weighted by Gasteiger charge is -2.44. The van der Waals surface area contributed by atoms with Gasteiger partial charge in [0.05, 0.1) is 26.0 Å². The molecule has 2 fully saturated rings. The number of piperazine rings is 1. The van der Waals surface area contributed by atoms with Gasteiger partial charge in [0, 0.05) is 32.0 Å². The van der Waals surface area contributed by atoms with Gasteiger partial charge in [-0.3, -0.25) is 0 Å². The number of hydrogen-bond acceptors (Lipinski definition) is 6. The SMILES string of the molecule is Cc1ccc(S(=O)(=O)N/N=C(/c2c(Cl)cccc2Cl)N2CCN(c3ncccn3)CC23CC3)cc1. The molecule has 2 heterocycles. The van der Waals surface area contributed by atoms with Crippen molar-refractivity contribution in [1.82, 2.24) is 19.7 Å². The summed E-state index contributed by atoms with van der Waals surface area (Å²) in [5, 5.41) is 5.23. The van der Waals surface area contributed by atoms with Crippen LogP contribution in [0.5, 0.6) is 0 Å². The van der Waals surface area contributed by atoms with Gasteiger partial charge in [-0.15, -0.1) is 5.10 Å². The van der Waals surface area contributed by atoms with Crippen LogP contribution in [0.2, 0.25) is 10.0 Å². The van der Waals surface area contributed by atoms with Gasteiger partial charge in [-0.25, -0.2) is 9.97 Å². The van der Waals surface area contributed by atoms with Crippen molar-refractivity contribution in [2.24, 2.45) is 5.10 Å². The first kappa shape index (κ1) is 23.8. The summed E-state index contributed by atoms with van der Waals surface area (Å²) in [7, 11) is -3.90. The Morgan fingerprint density at radius 2 is 1.66 bits per heavy atom. The quantitative estimate of drug-likeness (QED) is 0.303. The number of anilines is 1. The summed E-state index contributed by atoms with van der Waals surface area (Å²) in [6.45, 7) is 3.79. The molecule has 1 saturated heterocycles. The Morgan fingerprint density at radius 1 is 1.00 bits per heavy atom. The van der Waals surface area contributed by atoms with E-state index < -0.39 is 10.0 Å². The Labute approximate surface area is 214 Å². The number of aryl methyl sites for hydroxylation is 1. The third-order valence-corrected chi connectivity index (χ3v) is 8.21. The van der Waals surface area contributed by atoms with Gasteiger partial charge in [-0.05, 0) is 50.1 Å². The molecule has 0 bridgehead atoms. The monoisotopic (exact) mass is 530 g/mol. The summed E-state index contributed by atoms with van der Waals surface area (Å²) in [6.07, 6.45) is 5.29. The second-order valence-electron chi connectivity index (χ2n) is 8.79. The fourth-order valence-electron chi connectivity index (χ4n) is 4.34. The summed E-state index contributed by atoms with van der Waals surface area (Å²) in [5.74, 6) is 1.08. The number of aromatic nitrogens is 2. The molecule has 2 aromatic carbocycles. The Morgan fingerprint density at radius 3 is 2.29 bits per heavy atom. The van der Waals surface area contributed by atoms with Gasteiger partial charge in [0.25, 0.3) is 10.0 Å². The molecule has 5 rings (SSSR count). The molecule has 35 heavy (non-hydrogen) atoms. The second-order valence-corrected chi connectivity index (χ2v) is 11.3. The molecule has 8 nitrogen and oxygen atoms in total. The third kappa shape index (κ3) is 4.80. The molecule has 1 aromatic heterocycles. The summed E-state index contributed by atoms with van der Waals surface area (Å²) in [4.78, 5) is 15.6. The van der Waals surface area contributed by atoms with E-state index in [0.717, 1.165) is 18.4 Å². The molecule has 0 radical (unpaired) electrons. The molecular weight excluding hydrogens is 507 g/mol. The van der Waals surface area contributed by atoms with Crippen LogP contribution in [-0.4, -0.2) is 54.3 Å². The van der Waals surface area contributed by atoms with Crippen LogP contribution in [0.15, 0.2) is 70.9 Å². The summed E-state index contributed by atoms with van der Waals surface area (Å²) in [6, 6.07) is 13.6. The summed E-state index contributed by atoms with van der Waals surface area (Å²) >= 11 is 13.1. The maximum atomic E-state index is 13.0. The Hall–Kier alpha value is -2.88. The molecule has 1 saturated carbocycles. The van der Waals surface area contributed by atoms with Crippen LogP contribution < -0.4 is 9.73 Å². The van der Waals surface area contributed by atoms with Gasteiger partial charge in [-0.2, -0.15) is 13.2 Å². The maximum absolute atomic E-state index is 13.0. The molecule has 1 N–H and O–H groups in total. The van der Waals surface area contributed by atoms with E-state index in [-0.39, 0.29) is 10.4 Å². The number of hydrogen-bond donors (Lipinski definition) is 1. The van der Waals surface area contributed by atoms with Crippen molar-refractivity contribution in [3.63, 3.8) is 0 Å². The van der Waals surface area contributed by atoms with E-state index >= 15 is 0 Å². The molecule has 182 valence electrons. The number of nitrogens with one attached hydrogen (secondary N) is 1. The summed E-state index contributed by atoms with van der Waals surface area (Å²) < 4.78 is 26.0. The molecule has 0 amide bonds. The highest BCUT2D eigenvalue weighted by Crippen LogP contribution is 2.46. The molecule has 0 unspecified atom stereocenters. The minimum Gasteiger partial charge on any atom is -0.345 e. The standard InChI is InChI=1S/C24H24Cl2N6O2S/c1-17-6-8-18(9-7-17)35(33,34)30-29-22(21-19(25)4-2-5-20(21)26)32-15-14-31(16-24(32)10-11-24)23-27-12-3-13-28-23/h2-9,12-13,30H,10-11,14-16H2,1H3/b29-22-. The summed E-state index contributed by atoms with van der Waals surface area (Å²) in [5.41, 5.74) is 1.22. The van der Waals surface area contributed by atoms with Crippen LogP contribution in [0.25, 0.3) is 0 Å². The van der Waals surface area contributed by atoms with E-state index in [2.05, 4.69) is 29.7 Å². The zero-order valence-electron chi connectivity index (χ0n) is 19.0. The second kappa shape index (κ2) is 9.29. The number of sulfonamides is 1. The predicted molar refractivity (Wildman–Crippen MR) is 137 cm³/mol. The molecular formula is C24H24Cl2N6O2S. The normalized spacial score (nSPS) is 17.5. The fraction of sp³-hybridized carbons (Fsp3) is 0.292. The van der Waals surface area contributed by atoms with Gasteiger partial charge in [-0.1, -0.05) is 47.0 Å². The number of halogens is 2. The lowest BCUT2D eigenvalue weighted by Crippen LogP contribution is -2.58. The van der Waals surface area contributed by atoms with Crippen LogP contribution in [-0.2, 0) is 10.0 Å². The van der Waals surface area contributed by atoms with Crippen molar-refractivity contribution in [2.75, 3.05) is 24.5 Å². The zero-order chi connectivity index (χ0) is 24.6. The largest absolute Gasteiger partial charge is 0.345 e. The highest BCUT2D eigenvalue weighted by molar-refractivity contribution is 7.89. The minimum absolute atomic E-state index is 0.128. The maximum Gasteiger partial charge on any atom is 0.276 e. The van der Waals surface area contributed by atoms with Crippen LogP contribution in [0.1, 0.15) is 24.0 Å². The van der Waals surface area contributed by atoms with Crippen LogP contribution in [0.3, 0.4) is 0 Å². The number of nitrogens with zero attached hydrogens (tertiary/aromatic N) is 5. The predicted octanol–water partition coefficient (Wildman–Crippen LogP) is 4.09. The molecule has 2 aliphatic rings. The number of benzene rings is 2. The van der Waals surface area contributed by atoms with Crippen molar-refractivity contribution in [2.45, 2.75) is 30.2 Å². The van der Waals surface area contributed by atoms with Crippen LogP contribution in [0.4, 0.5) is 5.95 Å². The van der Waals surface area contributed by atoms with E-state index in [9.17, 15) is 8.42 Å². The van der Waals surface area contributed by atoms with Crippen LogP contribution in [0, 0.1) is 6.92 Å². The van der Waals surface area contributed by atoms with Crippen molar-refractivity contribution < 1.29 is 8.42 Å². The van der Waals surface area contributed by atoms with E-state index in [0.29, 0.717) is 47.0 Å². The molecule has 0 atom stereocenters. The van der Waals surface area contributed by atoms with Crippen LogP contribution >= 0.6 is 23.2 Å². The molecule has 3 aromatic rings. The molecule has 1 spiro atoms. The average Bonchev–Trinajstić information content (AvgIpc) is 3.61. The fourth-order valence-corrected chi connectivity index (χ4v) is 5.71. The first-order valence-electron chi connectivity index (χ1n) is 11.2. The highest BCUT2D eigenvalue weighted by atomic mass is 35.5.